The summed E-state index contributed by atoms with van der Waals surface area (Å²) in [5, 5.41) is 12.3. The number of nitrogens with zero attached hydrogens (tertiary/aromatic N) is 3. The second-order valence-electron chi connectivity index (χ2n) is 5.63. The Morgan fingerprint density at radius 2 is 2.10 bits per heavy atom. The van der Waals surface area contributed by atoms with Crippen LogP contribution in [0.15, 0.2) is 18.2 Å². The Kier molecular flexibility index (Phi) is 4.61. The molecule has 1 N–H and O–H groups in total. The first-order chi connectivity index (χ1) is 9.69. The number of anilines is 1. The van der Waals surface area contributed by atoms with Gasteiger partial charge in [0.1, 0.15) is 11.4 Å². The van der Waals surface area contributed by atoms with E-state index in [-0.39, 0.29) is 5.54 Å². The molecule has 1 aliphatic heterocycles. The van der Waals surface area contributed by atoms with E-state index in [1.807, 2.05) is 26.0 Å². The number of likely N-dealkylation sites (tertiary alicyclic amines) is 1. The van der Waals surface area contributed by atoms with Gasteiger partial charge in [-0.15, -0.1) is 0 Å². The maximum Gasteiger partial charge on any atom is 0.127 e. The fourth-order valence-corrected chi connectivity index (χ4v) is 2.46. The van der Waals surface area contributed by atoms with Crippen molar-refractivity contribution in [3.63, 3.8) is 0 Å². The molecule has 4 heteroatoms. The highest BCUT2D eigenvalue weighted by molar-refractivity contribution is 5.45. The van der Waals surface area contributed by atoms with E-state index in [4.69, 9.17) is 5.26 Å². The molecule has 3 rings (SSSR count). The molecular formula is C16H24N4. The Balaban J connectivity index is 0.000000704. The van der Waals surface area contributed by atoms with Crippen LogP contribution in [-0.2, 0) is 6.54 Å². The Labute approximate surface area is 121 Å². The Bertz CT molecular complexity index is 481. The Hall–Kier alpha value is -1.60. The van der Waals surface area contributed by atoms with Crippen LogP contribution >= 0.6 is 0 Å². The molecule has 1 saturated heterocycles. The SMILES string of the molecule is CC.CC1CN(Cc2cccc(NC3(C#N)CC3)n2)C1. The summed E-state index contributed by atoms with van der Waals surface area (Å²) in [5.74, 6) is 1.65. The van der Waals surface area contributed by atoms with Crippen molar-refractivity contribution in [3.05, 3.63) is 23.9 Å². The zero-order valence-corrected chi connectivity index (χ0v) is 12.7. The largest absolute Gasteiger partial charge is 0.352 e. The quantitative estimate of drug-likeness (QED) is 0.915. The van der Waals surface area contributed by atoms with Gasteiger partial charge in [0.05, 0.1) is 11.8 Å². The van der Waals surface area contributed by atoms with E-state index in [0.29, 0.717) is 0 Å². The maximum absolute atomic E-state index is 9.06. The predicted molar refractivity (Wildman–Crippen MR) is 81.2 cm³/mol. The lowest BCUT2D eigenvalue weighted by molar-refractivity contribution is 0.103. The number of nitriles is 1. The lowest BCUT2D eigenvalue weighted by Gasteiger charge is -2.36. The van der Waals surface area contributed by atoms with Crippen molar-refractivity contribution in [2.75, 3.05) is 18.4 Å². The van der Waals surface area contributed by atoms with Crippen molar-refractivity contribution in [2.45, 2.75) is 45.7 Å². The maximum atomic E-state index is 9.06. The van der Waals surface area contributed by atoms with E-state index in [2.05, 4.69) is 34.3 Å². The molecule has 2 aliphatic rings. The molecule has 0 aromatic carbocycles. The van der Waals surface area contributed by atoms with Crippen LogP contribution in [0.1, 0.15) is 39.3 Å². The molecule has 0 spiro atoms. The van der Waals surface area contributed by atoms with E-state index in [1.165, 1.54) is 13.1 Å². The zero-order chi connectivity index (χ0) is 14.6. The molecule has 2 fully saturated rings. The van der Waals surface area contributed by atoms with Crippen molar-refractivity contribution < 1.29 is 0 Å². The molecule has 0 atom stereocenters. The first-order valence-corrected chi connectivity index (χ1v) is 7.57. The second-order valence-corrected chi connectivity index (χ2v) is 5.63. The fraction of sp³-hybridized carbons (Fsp3) is 0.625. The predicted octanol–water partition coefficient (Wildman–Crippen LogP) is 3.03. The molecule has 20 heavy (non-hydrogen) atoms. The van der Waals surface area contributed by atoms with Crippen LogP contribution in [0.4, 0.5) is 5.82 Å². The summed E-state index contributed by atoms with van der Waals surface area (Å²) in [6, 6.07) is 8.34. The summed E-state index contributed by atoms with van der Waals surface area (Å²) >= 11 is 0. The van der Waals surface area contributed by atoms with Gasteiger partial charge in [-0.25, -0.2) is 4.98 Å². The van der Waals surface area contributed by atoms with Crippen LogP contribution in [0.3, 0.4) is 0 Å². The first-order valence-electron chi connectivity index (χ1n) is 7.57. The summed E-state index contributed by atoms with van der Waals surface area (Å²) in [6.45, 7) is 9.52. The van der Waals surface area contributed by atoms with Gasteiger partial charge in [-0.3, -0.25) is 4.90 Å². The van der Waals surface area contributed by atoms with Crippen molar-refractivity contribution in [1.82, 2.24) is 9.88 Å². The van der Waals surface area contributed by atoms with Gasteiger partial charge in [-0.05, 0) is 30.9 Å². The lowest BCUT2D eigenvalue weighted by atomic mass is 10.0. The standard InChI is InChI=1S/C14H18N4.C2H6/c1-11-7-18(8-11)9-12-3-2-4-13(16-12)17-14(10-15)5-6-14;1-2/h2-4,11H,5-9H2,1H3,(H,16,17);1-2H3. The minimum absolute atomic E-state index is 0.336. The van der Waals surface area contributed by atoms with Gasteiger partial charge in [-0.1, -0.05) is 26.8 Å². The first kappa shape index (κ1) is 14.8. The molecule has 0 amide bonds. The van der Waals surface area contributed by atoms with Crippen LogP contribution in [0, 0.1) is 17.2 Å². The van der Waals surface area contributed by atoms with E-state index < -0.39 is 0 Å². The summed E-state index contributed by atoms with van der Waals surface area (Å²) in [6.07, 6.45) is 1.86. The van der Waals surface area contributed by atoms with Gasteiger partial charge < -0.3 is 5.32 Å². The van der Waals surface area contributed by atoms with Gasteiger partial charge in [0.15, 0.2) is 0 Å². The molecule has 2 heterocycles. The fourth-order valence-electron chi connectivity index (χ4n) is 2.46. The van der Waals surface area contributed by atoms with Crippen molar-refractivity contribution in [2.24, 2.45) is 5.92 Å². The van der Waals surface area contributed by atoms with Crippen LogP contribution in [0.2, 0.25) is 0 Å². The van der Waals surface area contributed by atoms with Crippen molar-refractivity contribution >= 4 is 5.82 Å². The molecular weight excluding hydrogens is 248 g/mol. The number of aromatic nitrogens is 1. The molecule has 108 valence electrons. The summed E-state index contributed by atoms with van der Waals surface area (Å²) in [7, 11) is 0. The highest BCUT2D eigenvalue weighted by atomic mass is 15.2. The molecule has 0 bridgehead atoms. The van der Waals surface area contributed by atoms with Crippen LogP contribution in [0.25, 0.3) is 0 Å². The summed E-state index contributed by atoms with van der Waals surface area (Å²) in [5.41, 5.74) is 0.748. The van der Waals surface area contributed by atoms with Crippen molar-refractivity contribution in [3.8, 4) is 6.07 Å². The summed E-state index contributed by atoms with van der Waals surface area (Å²) in [4.78, 5) is 6.99. The molecule has 4 nitrogen and oxygen atoms in total. The zero-order valence-electron chi connectivity index (χ0n) is 12.7. The molecule has 1 saturated carbocycles. The minimum atomic E-state index is -0.336. The number of nitrogens with one attached hydrogen (secondary N) is 1. The monoisotopic (exact) mass is 272 g/mol. The van der Waals surface area contributed by atoms with Gasteiger partial charge in [0, 0.05) is 19.6 Å². The molecule has 1 aliphatic carbocycles. The van der Waals surface area contributed by atoms with E-state index >= 15 is 0 Å². The number of rotatable bonds is 4. The normalized spacial score (nSPS) is 20.1. The van der Waals surface area contributed by atoms with E-state index in [9.17, 15) is 0 Å². The number of hydrogen-bond acceptors (Lipinski definition) is 4. The lowest BCUT2D eigenvalue weighted by Crippen LogP contribution is -2.44. The van der Waals surface area contributed by atoms with Gasteiger partial charge >= 0.3 is 0 Å². The third-order valence-electron chi connectivity index (χ3n) is 3.66. The topological polar surface area (TPSA) is 52.0 Å². The van der Waals surface area contributed by atoms with Gasteiger partial charge in [0.2, 0.25) is 0 Å². The van der Waals surface area contributed by atoms with Gasteiger partial charge in [0.25, 0.3) is 0 Å². The third-order valence-corrected chi connectivity index (χ3v) is 3.66. The van der Waals surface area contributed by atoms with E-state index in [0.717, 1.165) is 36.8 Å². The average molecular weight is 272 g/mol. The van der Waals surface area contributed by atoms with Gasteiger partial charge in [-0.2, -0.15) is 5.26 Å². The average Bonchev–Trinajstić information content (AvgIpc) is 3.20. The Morgan fingerprint density at radius 3 is 2.65 bits per heavy atom. The van der Waals surface area contributed by atoms with E-state index in [1.54, 1.807) is 0 Å². The van der Waals surface area contributed by atoms with Crippen LogP contribution in [-0.4, -0.2) is 28.5 Å². The Morgan fingerprint density at radius 1 is 1.40 bits per heavy atom. The smallest absolute Gasteiger partial charge is 0.127 e. The molecule has 0 unspecified atom stereocenters. The minimum Gasteiger partial charge on any atom is -0.352 e. The summed E-state index contributed by atoms with van der Waals surface area (Å²) < 4.78 is 0. The van der Waals surface area contributed by atoms with Crippen molar-refractivity contribution in [1.29, 1.82) is 5.26 Å². The number of hydrogen-bond donors (Lipinski definition) is 1. The van der Waals surface area contributed by atoms with Crippen LogP contribution < -0.4 is 5.32 Å². The van der Waals surface area contributed by atoms with Crippen LogP contribution in [0.5, 0.6) is 0 Å². The molecule has 1 aromatic heterocycles. The second kappa shape index (κ2) is 6.23. The highest BCUT2D eigenvalue weighted by Gasteiger charge is 2.43. The third kappa shape index (κ3) is 3.49. The number of pyridine rings is 1. The molecule has 0 radical (unpaired) electrons. The molecule has 1 aromatic rings. The highest BCUT2D eigenvalue weighted by Crippen LogP contribution is 2.37.